The van der Waals surface area contributed by atoms with Crippen LogP contribution in [0.5, 0.6) is 11.5 Å². The Morgan fingerprint density at radius 3 is 1.50 bits per heavy atom. The van der Waals surface area contributed by atoms with Gasteiger partial charge in [-0.2, -0.15) is 4.79 Å². The summed E-state index contributed by atoms with van der Waals surface area (Å²) in [7, 11) is 4.85. The molecule has 0 aliphatic carbocycles. The number of Topliss-reactive ketones (excluding diaryl/α,β-unsaturated/α-hetero) is 1. The first-order valence-corrected chi connectivity index (χ1v) is 13.1. The molecule has 44 heavy (non-hydrogen) atoms. The third kappa shape index (κ3) is 10.4. The molecule has 0 amide bonds. The standard InChI is InChI=1S/C29H34N4O11/c1-19-6-8-21(32(15-26(35)39-2)16-27(36)40-3)24(12-19)43-10-11-44-25-13-20(23(34)14-31-30)7-9-22(25)33(17-28(37)41-4)18-29(38)42-5/h6-9,12-14H,10-11,15-18H2,1-5H3. The Morgan fingerprint density at radius 2 is 1.09 bits per heavy atom. The van der Waals surface area contributed by atoms with Gasteiger partial charge in [0.25, 0.3) is 5.78 Å². The highest BCUT2D eigenvalue weighted by molar-refractivity contribution is 6.33. The van der Waals surface area contributed by atoms with Crippen molar-refractivity contribution < 1.29 is 57.2 Å². The molecule has 15 nitrogen and oxygen atoms in total. The molecular weight excluding hydrogens is 580 g/mol. The summed E-state index contributed by atoms with van der Waals surface area (Å²) in [5.41, 5.74) is 10.4. The van der Waals surface area contributed by atoms with E-state index in [9.17, 15) is 24.0 Å². The van der Waals surface area contributed by atoms with Gasteiger partial charge in [0.1, 0.15) is 50.9 Å². The summed E-state index contributed by atoms with van der Waals surface area (Å²) in [4.78, 5) is 66.2. The number of methoxy groups -OCH3 is 4. The Kier molecular flexibility index (Phi) is 13.8. The molecule has 0 saturated heterocycles. The van der Waals surface area contributed by atoms with Crippen LogP contribution in [0.3, 0.4) is 0 Å². The van der Waals surface area contributed by atoms with Gasteiger partial charge in [-0.25, -0.2) is 0 Å². The monoisotopic (exact) mass is 614 g/mol. The van der Waals surface area contributed by atoms with Crippen molar-refractivity contribution in [3.05, 3.63) is 53.1 Å². The van der Waals surface area contributed by atoms with E-state index in [1.54, 1.807) is 18.2 Å². The molecule has 236 valence electrons. The molecule has 2 rings (SSSR count). The van der Waals surface area contributed by atoms with Crippen LogP contribution in [0.1, 0.15) is 15.9 Å². The number of benzene rings is 2. The Labute approximate surface area is 253 Å². The van der Waals surface area contributed by atoms with Gasteiger partial charge in [0.05, 0.1) is 39.8 Å². The number of rotatable bonds is 17. The zero-order chi connectivity index (χ0) is 32.6. The lowest BCUT2D eigenvalue weighted by Gasteiger charge is -2.26. The lowest BCUT2D eigenvalue weighted by molar-refractivity contribution is -0.141. The minimum atomic E-state index is -0.647. The first-order valence-electron chi connectivity index (χ1n) is 13.1. The number of nitrogens with zero attached hydrogens (tertiary/aromatic N) is 4. The summed E-state index contributed by atoms with van der Waals surface area (Å²) in [5, 5.41) is 0. The van der Waals surface area contributed by atoms with E-state index in [-0.39, 0.29) is 56.4 Å². The van der Waals surface area contributed by atoms with E-state index in [2.05, 4.69) is 4.79 Å². The van der Waals surface area contributed by atoms with Crippen LogP contribution in [0.2, 0.25) is 0 Å². The number of hydrogen-bond acceptors (Lipinski definition) is 13. The van der Waals surface area contributed by atoms with Crippen LogP contribution in [0, 0.1) is 6.92 Å². The first kappa shape index (κ1) is 34.8. The average molecular weight is 615 g/mol. The van der Waals surface area contributed by atoms with Crippen molar-refractivity contribution in [3.8, 4) is 11.5 Å². The lowest BCUT2D eigenvalue weighted by Crippen LogP contribution is -2.36. The SMILES string of the molecule is COC(=O)CN(CC(=O)OC)c1ccc(C)cc1OCCOc1cc(C(=O)C=[N+]=[N-])ccc1N(CC(=O)OC)CC(=O)OC. The second-order valence-corrected chi connectivity index (χ2v) is 8.98. The normalized spacial score (nSPS) is 10.0. The number of carbonyl (C=O) groups is 5. The second kappa shape index (κ2) is 17.5. The van der Waals surface area contributed by atoms with Crippen LogP contribution in [-0.2, 0) is 38.1 Å². The summed E-state index contributed by atoms with van der Waals surface area (Å²) in [6.07, 6.45) is 0.705. The predicted octanol–water partition coefficient (Wildman–Crippen LogP) is 1.24. The van der Waals surface area contributed by atoms with Crippen LogP contribution in [-0.4, -0.2) is 108 Å². The second-order valence-electron chi connectivity index (χ2n) is 8.98. The highest BCUT2D eigenvalue weighted by Crippen LogP contribution is 2.32. The number of esters is 4. The molecule has 0 fully saturated rings. The molecule has 0 radical (unpaired) electrons. The predicted molar refractivity (Wildman–Crippen MR) is 155 cm³/mol. The zero-order valence-electron chi connectivity index (χ0n) is 25.1. The molecule has 0 spiro atoms. The van der Waals surface area contributed by atoms with Crippen LogP contribution in [0.4, 0.5) is 11.4 Å². The number of carbonyl (C=O) groups excluding carboxylic acids is 5. The highest BCUT2D eigenvalue weighted by Gasteiger charge is 2.23. The van der Waals surface area contributed by atoms with Crippen molar-refractivity contribution in [1.29, 1.82) is 0 Å². The summed E-state index contributed by atoms with van der Waals surface area (Å²) in [6.45, 7) is 0.506. The number of ether oxygens (including phenoxy) is 6. The van der Waals surface area contributed by atoms with Crippen LogP contribution >= 0.6 is 0 Å². The van der Waals surface area contributed by atoms with E-state index in [0.717, 1.165) is 5.56 Å². The molecule has 0 unspecified atom stereocenters. The lowest BCUT2D eigenvalue weighted by atomic mass is 10.1. The molecule has 0 N–H and O–H groups in total. The van der Waals surface area contributed by atoms with Crippen molar-refractivity contribution >= 4 is 47.2 Å². The number of anilines is 2. The van der Waals surface area contributed by atoms with Gasteiger partial charge in [-0.1, -0.05) is 6.07 Å². The highest BCUT2D eigenvalue weighted by atomic mass is 16.5. The molecule has 0 aromatic heterocycles. The maximum Gasteiger partial charge on any atom is 0.328 e. The quantitative estimate of drug-likeness (QED) is 0.0472. The molecule has 0 aliphatic rings. The Morgan fingerprint density at radius 1 is 0.682 bits per heavy atom. The number of aryl methyl sites for hydroxylation is 1. The third-order valence-corrected chi connectivity index (χ3v) is 6.00. The van der Waals surface area contributed by atoms with E-state index in [1.807, 2.05) is 6.92 Å². The molecular formula is C29H34N4O11. The fourth-order valence-corrected chi connectivity index (χ4v) is 3.81. The molecule has 0 saturated carbocycles. The minimum Gasteiger partial charge on any atom is -0.488 e. The molecule has 0 atom stereocenters. The average Bonchev–Trinajstić information content (AvgIpc) is 3.02. The van der Waals surface area contributed by atoms with Gasteiger partial charge >= 0.3 is 30.1 Å². The van der Waals surface area contributed by atoms with Gasteiger partial charge in [-0.05, 0) is 42.8 Å². The van der Waals surface area contributed by atoms with E-state index in [1.165, 1.54) is 56.4 Å². The van der Waals surface area contributed by atoms with Crippen molar-refractivity contribution in [2.75, 3.05) is 77.6 Å². The third-order valence-electron chi connectivity index (χ3n) is 6.00. The molecule has 0 aliphatic heterocycles. The van der Waals surface area contributed by atoms with E-state index < -0.39 is 29.7 Å². The van der Waals surface area contributed by atoms with Crippen LogP contribution in [0.25, 0.3) is 5.53 Å². The molecule has 15 heteroatoms. The summed E-state index contributed by atoms with van der Waals surface area (Å²) >= 11 is 0. The number of hydrogen-bond donors (Lipinski definition) is 0. The Hall–Kier alpha value is -5.43. The Bertz CT molecular complexity index is 1370. The maximum atomic E-state index is 12.3. The smallest absolute Gasteiger partial charge is 0.328 e. The van der Waals surface area contributed by atoms with Crippen molar-refractivity contribution in [1.82, 2.24) is 0 Å². The summed E-state index contributed by atoms with van der Waals surface area (Å²) in [5.74, 6) is -2.66. The van der Waals surface area contributed by atoms with Gasteiger partial charge in [0.15, 0.2) is 0 Å². The minimum absolute atomic E-state index is 0.0511. The van der Waals surface area contributed by atoms with E-state index >= 15 is 0 Å². The van der Waals surface area contributed by atoms with Gasteiger partial charge in [0, 0.05) is 5.56 Å². The fourth-order valence-electron chi connectivity index (χ4n) is 3.81. The molecule has 0 bridgehead atoms. The van der Waals surface area contributed by atoms with Gasteiger partial charge in [-0.3, -0.25) is 24.0 Å². The first-order chi connectivity index (χ1) is 21.1. The maximum absolute atomic E-state index is 12.3. The zero-order valence-corrected chi connectivity index (χ0v) is 25.1. The summed E-state index contributed by atoms with van der Waals surface area (Å²) < 4.78 is 30.9. The van der Waals surface area contributed by atoms with Crippen LogP contribution < -0.4 is 19.3 Å². The number of ketones is 1. The Balaban J connectivity index is 2.37. The molecule has 2 aromatic rings. The fraction of sp³-hybridized carbons (Fsp3) is 0.379. The molecule has 2 aromatic carbocycles. The van der Waals surface area contributed by atoms with Gasteiger partial charge in [0.2, 0.25) is 0 Å². The van der Waals surface area contributed by atoms with Gasteiger partial charge in [-0.15, -0.1) is 0 Å². The largest absolute Gasteiger partial charge is 0.488 e. The summed E-state index contributed by atoms with van der Waals surface area (Å²) in [6, 6.07) is 9.39. The topological polar surface area (TPSA) is 184 Å². The van der Waals surface area contributed by atoms with E-state index in [4.69, 9.17) is 34.0 Å². The van der Waals surface area contributed by atoms with Gasteiger partial charge < -0.3 is 43.8 Å². The van der Waals surface area contributed by atoms with Crippen molar-refractivity contribution in [2.45, 2.75) is 6.92 Å². The molecule has 0 heterocycles. The van der Waals surface area contributed by atoms with Crippen LogP contribution in [0.15, 0.2) is 36.4 Å². The van der Waals surface area contributed by atoms with Crippen molar-refractivity contribution in [2.24, 2.45) is 0 Å². The van der Waals surface area contributed by atoms with E-state index in [0.29, 0.717) is 17.7 Å². The van der Waals surface area contributed by atoms with Crippen molar-refractivity contribution in [3.63, 3.8) is 0 Å².